The van der Waals surface area contributed by atoms with Gasteiger partial charge >= 0.3 is 0 Å². The first-order valence-electron chi connectivity index (χ1n) is 9.63. The fraction of sp³-hybridized carbons (Fsp3) is 0.167. The summed E-state index contributed by atoms with van der Waals surface area (Å²) in [4.78, 5) is 17.8. The smallest absolute Gasteiger partial charge is 0.264 e. The van der Waals surface area contributed by atoms with Crippen LogP contribution >= 0.6 is 27.7 Å². The Hall–Kier alpha value is -2.57. The summed E-state index contributed by atoms with van der Waals surface area (Å²) in [6, 6.07) is 16.5. The van der Waals surface area contributed by atoms with Crippen molar-refractivity contribution in [1.82, 2.24) is 9.88 Å². The number of aromatic nitrogens is 1. The molecule has 4 rings (SSSR count). The van der Waals surface area contributed by atoms with Gasteiger partial charge in [-0.2, -0.15) is 0 Å². The van der Waals surface area contributed by atoms with Crippen molar-refractivity contribution >= 4 is 50.5 Å². The third-order valence-corrected chi connectivity index (χ3v) is 6.37. The summed E-state index contributed by atoms with van der Waals surface area (Å²) in [5.74, 6) is -0.114. The van der Waals surface area contributed by atoms with E-state index in [1.165, 1.54) is 11.8 Å². The predicted molar refractivity (Wildman–Crippen MR) is 130 cm³/mol. The molecule has 0 atom stereocenters. The molecule has 0 spiro atoms. The number of benzene rings is 2. The molecular weight excluding hydrogens is 458 g/mol. The fourth-order valence-corrected chi connectivity index (χ4v) is 4.77. The molecular formula is C24H22BrN3OS. The largest absolute Gasteiger partial charge is 0.318 e. The normalized spacial score (nSPS) is 16.5. The van der Waals surface area contributed by atoms with Gasteiger partial charge in [-0.3, -0.25) is 4.79 Å². The van der Waals surface area contributed by atoms with Crippen LogP contribution in [0.4, 0.5) is 5.69 Å². The third-order valence-electron chi connectivity index (χ3n) is 4.93. The van der Waals surface area contributed by atoms with Gasteiger partial charge in [-0.15, -0.1) is 0 Å². The minimum atomic E-state index is -0.114. The second-order valence-electron chi connectivity index (χ2n) is 7.47. The minimum absolute atomic E-state index is 0.114. The van der Waals surface area contributed by atoms with E-state index in [0.29, 0.717) is 10.1 Å². The Morgan fingerprint density at radius 1 is 1.00 bits per heavy atom. The molecule has 1 aliphatic heterocycles. The molecule has 1 fully saturated rings. The van der Waals surface area contributed by atoms with Crippen LogP contribution in [0, 0.1) is 27.7 Å². The van der Waals surface area contributed by atoms with E-state index in [2.05, 4.69) is 68.9 Å². The van der Waals surface area contributed by atoms with Gasteiger partial charge in [0.2, 0.25) is 0 Å². The standard InChI is InChI=1S/C24H22BrN3OS/c1-14-9-15(2)11-20(10-14)26-24-27-23(29)22(30-24)13-18-12-16(3)28(17(18)4)21-7-5-19(25)6-8-21/h5-13H,1-4H3,(H,26,27,29)/b22-13-. The SMILES string of the molecule is Cc1cc(C)cc(N=C2NC(=O)/C(=C/c3cc(C)n(-c4ccc(Br)cc4)c3C)S2)c1. The number of nitrogens with one attached hydrogen (secondary N) is 1. The van der Waals surface area contributed by atoms with Crippen molar-refractivity contribution in [2.75, 3.05) is 0 Å². The highest BCUT2D eigenvalue weighted by Crippen LogP contribution is 2.31. The highest BCUT2D eigenvalue weighted by atomic mass is 79.9. The van der Waals surface area contributed by atoms with Crippen LogP contribution in [-0.4, -0.2) is 15.6 Å². The van der Waals surface area contributed by atoms with E-state index in [-0.39, 0.29) is 5.91 Å². The molecule has 152 valence electrons. The van der Waals surface area contributed by atoms with E-state index < -0.39 is 0 Å². The Morgan fingerprint density at radius 2 is 1.67 bits per heavy atom. The van der Waals surface area contributed by atoms with Gasteiger partial charge in [0.15, 0.2) is 5.17 Å². The first kappa shape index (κ1) is 20.7. The lowest BCUT2D eigenvalue weighted by molar-refractivity contribution is -0.115. The van der Waals surface area contributed by atoms with Crippen molar-refractivity contribution in [3.63, 3.8) is 0 Å². The molecule has 0 bridgehead atoms. The Kier molecular flexibility index (Phi) is 5.71. The number of carbonyl (C=O) groups is 1. The number of halogens is 1. The van der Waals surface area contributed by atoms with Gasteiger partial charge in [0.25, 0.3) is 5.91 Å². The topological polar surface area (TPSA) is 46.4 Å². The van der Waals surface area contributed by atoms with E-state index in [9.17, 15) is 4.79 Å². The maximum Gasteiger partial charge on any atom is 0.264 e. The molecule has 1 amide bonds. The second-order valence-corrected chi connectivity index (χ2v) is 9.41. The number of rotatable bonds is 3. The predicted octanol–water partition coefficient (Wildman–Crippen LogP) is 6.37. The second kappa shape index (κ2) is 8.28. The van der Waals surface area contributed by atoms with Gasteiger partial charge < -0.3 is 9.88 Å². The molecule has 2 heterocycles. The zero-order valence-corrected chi connectivity index (χ0v) is 19.7. The Labute approximate surface area is 189 Å². The van der Waals surface area contributed by atoms with E-state index in [4.69, 9.17) is 0 Å². The number of amidine groups is 1. The van der Waals surface area contributed by atoms with Crippen molar-refractivity contribution in [2.45, 2.75) is 27.7 Å². The lowest BCUT2D eigenvalue weighted by Gasteiger charge is -2.09. The Morgan fingerprint density at radius 3 is 2.33 bits per heavy atom. The number of thioether (sulfide) groups is 1. The molecule has 1 saturated heterocycles. The zero-order valence-electron chi connectivity index (χ0n) is 17.3. The number of hydrogen-bond acceptors (Lipinski definition) is 3. The number of aliphatic imine (C=N–C) groups is 1. The van der Waals surface area contributed by atoms with Crippen LogP contribution in [0.5, 0.6) is 0 Å². The van der Waals surface area contributed by atoms with Gasteiger partial charge in [-0.05, 0) is 105 Å². The third kappa shape index (κ3) is 4.30. The Bertz CT molecular complexity index is 1190. The molecule has 30 heavy (non-hydrogen) atoms. The minimum Gasteiger partial charge on any atom is -0.318 e. The average Bonchev–Trinajstić information content (AvgIpc) is 3.14. The van der Waals surface area contributed by atoms with Gasteiger partial charge in [-0.1, -0.05) is 22.0 Å². The van der Waals surface area contributed by atoms with E-state index >= 15 is 0 Å². The monoisotopic (exact) mass is 479 g/mol. The summed E-state index contributed by atoms with van der Waals surface area (Å²) in [5.41, 5.74) is 7.49. The molecule has 0 unspecified atom stereocenters. The summed E-state index contributed by atoms with van der Waals surface area (Å²) in [6.45, 7) is 8.24. The van der Waals surface area contributed by atoms with Crippen LogP contribution in [0.2, 0.25) is 0 Å². The highest BCUT2D eigenvalue weighted by Gasteiger charge is 2.24. The summed E-state index contributed by atoms with van der Waals surface area (Å²) < 4.78 is 3.24. The quantitative estimate of drug-likeness (QED) is 0.443. The van der Waals surface area contributed by atoms with Crippen molar-refractivity contribution in [3.8, 4) is 5.69 Å². The summed E-state index contributed by atoms with van der Waals surface area (Å²) in [6.07, 6.45) is 1.95. The zero-order chi connectivity index (χ0) is 21.4. The first-order chi connectivity index (χ1) is 14.3. The van der Waals surface area contributed by atoms with Crippen LogP contribution < -0.4 is 5.32 Å². The van der Waals surface area contributed by atoms with Gasteiger partial charge in [0, 0.05) is 21.5 Å². The van der Waals surface area contributed by atoms with Crippen LogP contribution in [0.25, 0.3) is 11.8 Å². The highest BCUT2D eigenvalue weighted by molar-refractivity contribution is 9.10. The molecule has 1 aliphatic rings. The van der Waals surface area contributed by atoms with Crippen molar-refractivity contribution in [3.05, 3.63) is 86.0 Å². The van der Waals surface area contributed by atoms with E-state index in [1.54, 1.807) is 0 Å². The lowest BCUT2D eigenvalue weighted by atomic mass is 10.1. The maximum atomic E-state index is 12.5. The summed E-state index contributed by atoms with van der Waals surface area (Å²) >= 11 is 4.86. The average molecular weight is 480 g/mol. The Balaban J connectivity index is 1.64. The van der Waals surface area contributed by atoms with E-state index in [0.717, 1.165) is 43.9 Å². The molecule has 0 radical (unpaired) electrons. The molecule has 3 aromatic rings. The van der Waals surface area contributed by atoms with Gasteiger partial charge in [0.1, 0.15) is 0 Å². The summed E-state index contributed by atoms with van der Waals surface area (Å²) in [7, 11) is 0. The van der Waals surface area contributed by atoms with Crippen molar-refractivity contribution < 1.29 is 4.79 Å². The van der Waals surface area contributed by atoms with Gasteiger partial charge in [0.05, 0.1) is 10.6 Å². The molecule has 2 aromatic carbocycles. The van der Waals surface area contributed by atoms with Crippen LogP contribution in [0.1, 0.15) is 28.1 Å². The van der Waals surface area contributed by atoms with Crippen molar-refractivity contribution in [2.24, 2.45) is 4.99 Å². The number of carbonyl (C=O) groups excluding carboxylic acids is 1. The number of aryl methyl sites for hydroxylation is 3. The van der Waals surface area contributed by atoms with E-state index in [1.807, 2.05) is 44.2 Å². The molecule has 0 aliphatic carbocycles. The molecule has 0 saturated carbocycles. The lowest BCUT2D eigenvalue weighted by Crippen LogP contribution is -2.19. The van der Waals surface area contributed by atoms with Gasteiger partial charge in [-0.25, -0.2) is 4.99 Å². The number of hydrogen-bond donors (Lipinski definition) is 1. The van der Waals surface area contributed by atoms with Crippen LogP contribution in [0.15, 0.2) is 62.9 Å². The van der Waals surface area contributed by atoms with Crippen LogP contribution in [-0.2, 0) is 4.79 Å². The number of amides is 1. The molecule has 1 N–H and O–H groups in total. The maximum absolute atomic E-state index is 12.5. The van der Waals surface area contributed by atoms with Crippen molar-refractivity contribution in [1.29, 1.82) is 0 Å². The molecule has 6 heteroatoms. The number of nitrogens with zero attached hydrogens (tertiary/aromatic N) is 2. The first-order valence-corrected chi connectivity index (χ1v) is 11.2. The fourth-order valence-electron chi connectivity index (χ4n) is 3.68. The molecule has 1 aromatic heterocycles. The summed E-state index contributed by atoms with van der Waals surface area (Å²) in [5, 5.41) is 3.49. The molecule has 4 nitrogen and oxygen atoms in total. The van der Waals surface area contributed by atoms with Crippen LogP contribution in [0.3, 0.4) is 0 Å².